The number of hydrogen-bond donors (Lipinski definition) is 2. The molecule has 0 fully saturated rings. The fourth-order valence-corrected chi connectivity index (χ4v) is 3.92. The van der Waals surface area contributed by atoms with Crippen LogP contribution in [-0.2, 0) is 10.0 Å². The third kappa shape index (κ3) is 3.72. The van der Waals surface area contributed by atoms with Gasteiger partial charge in [0.2, 0.25) is 10.0 Å². The van der Waals surface area contributed by atoms with Gasteiger partial charge in [0.15, 0.2) is 0 Å². The SMILES string of the molecule is CC(C)NS(=O)(=O)c1ccc(Cl)c(C(=O)Nn2cnc3ccccc32)c1. The van der Waals surface area contributed by atoms with Crippen LogP contribution in [0.15, 0.2) is 53.7 Å². The van der Waals surface area contributed by atoms with E-state index in [1.165, 1.54) is 29.2 Å². The molecule has 0 radical (unpaired) electrons. The van der Waals surface area contributed by atoms with Crippen molar-refractivity contribution in [2.45, 2.75) is 24.8 Å². The summed E-state index contributed by atoms with van der Waals surface area (Å²) in [6.45, 7) is 3.43. The Morgan fingerprint density at radius 1 is 1.19 bits per heavy atom. The van der Waals surface area contributed by atoms with E-state index in [2.05, 4.69) is 15.1 Å². The lowest BCUT2D eigenvalue weighted by molar-refractivity contribution is 0.101. The summed E-state index contributed by atoms with van der Waals surface area (Å²) in [7, 11) is -3.74. The molecular weight excluding hydrogens is 376 g/mol. The van der Waals surface area contributed by atoms with Gasteiger partial charge < -0.3 is 0 Å². The van der Waals surface area contributed by atoms with E-state index in [0.29, 0.717) is 5.52 Å². The van der Waals surface area contributed by atoms with Crippen LogP contribution >= 0.6 is 11.6 Å². The van der Waals surface area contributed by atoms with Crippen molar-refractivity contribution in [1.82, 2.24) is 14.4 Å². The molecule has 136 valence electrons. The highest BCUT2D eigenvalue weighted by molar-refractivity contribution is 7.89. The molecule has 0 bridgehead atoms. The lowest BCUT2D eigenvalue weighted by Gasteiger charge is -2.12. The molecule has 0 spiro atoms. The third-order valence-corrected chi connectivity index (χ3v) is 5.54. The first-order valence-electron chi connectivity index (χ1n) is 7.83. The molecule has 3 aromatic rings. The number of hydrogen-bond acceptors (Lipinski definition) is 4. The quantitative estimate of drug-likeness (QED) is 0.698. The molecule has 3 rings (SSSR count). The Morgan fingerprint density at radius 3 is 2.65 bits per heavy atom. The maximum absolute atomic E-state index is 12.6. The van der Waals surface area contributed by atoms with Crippen LogP contribution in [0.2, 0.25) is 5.02 Å². The molecule has 2 N–H and O–H groups in total. The number of sulfonamides is 1. The molecule has 0 aliphatic carbocycles. The Labute approximate surface area is 156 Å². The molecule has 0 aliphatic heterocycles. The van der Waals surface area contributed by atoms with E-state index in [4.69, 9.17) is 11.6 Å². The molecule has 0 saturated heterocycles. The summed E-state index contributed by atoms with van der Waals surface area (Å²) in [5.41, 5.74) is 4.14. The Bertz CT molecular complexity index is 1080. The van der Waals surface area contributed by atoms with Crippen LogP contribution in [0.3, 0.4) is 0 Å². The summed E-state index contributed by atoms with van der Waals surface area (Å²) in [5.74, 6) is -0.542. The Kier molecular flexibility index (Phi) is 4.99. The number of nitrogens with one attached hydrogen (secondary N) is 2. The number of fused-ring (bicyclic) bond motifs is 1. The van der Waals surface area contributed by atoms with E-state index >= 15 is 0 Å². The molecule has 7 nitrogen and oxygen atoms in total. The lowest BCUT2D eigenvalue weighted by Crippen LogP contribution is -2.30. The zero-order valence-electron chi connectivity index (χ0n) is 14.1. The minimum atomic E-state index is -3.74. The van der Waals surface area contributed by atoms with Gasteiger partial charge in [-0.1, -0.05) is 23.7 Å². The third-order valence-electron chi connectivity index (χ3n) is 3.56. The summed E-state index contributed by atoms with van der Waals surface area (Å²) in [5, 5.41) is 0.149. The average molecular weight is 393 g/mol. The van der Waals surface area contributed by atoms with Gasteiger partial charge in [0.05, 0.1) is 26.5 Å². The highest BCUT2D eigenvalue weighted by Gasteiger charge is 2.20. The number of rotatable bonds is 5. The van der Waals surface area contributed by atoms with Gasteiger partial charge in [-0.2, -0.15) is 0 Å². The predicted molar refractivity (Wildman–Crippen MR) is 100 cm³/mol. The van der Waals surface area contributed by atoms with Crippen LogP contribution < -0.4 is 10.1 Å². The molecule has 2 aromatic carbocycles. The molecule has 1 aromatic heterocycles. The van der Waals surface area contributed by atoms with Crippen molar-refractivity contribution >= 4 is 38.6 Å². The lowest BCUT2D eigenvalue weighted by atomic mass is 10.2. The zero-order chi connectivity index (χ0) is 18.9. The van der Waals surface area contributed by atoms with Crippen LogP contribution in [-0.4, -0.2) is 30.0 Å². The standard InChI is InChI=1S/C17H17ClN4O3S/c1-11(2)21-26(24,25)12-7-8-14(18)13(9-12)17(23)20-22-10-19-15-5-3-4-6-16(15)22/h3-11,21H,1-2H3,(H,20,23). The molecular formula is C17H17ClN4O3S. The second kappa shape index (κ2) is 7.06. The highest BCUT2D eigenvalue weighted by Crippen LogP contribution is 2.21. The first-order valence-corrected chi connectivity index (χ1v) is 9.69. The summed E-state index contributed by atoms with van der Waals surface area (Å²) >= 11 is 6.10. The van der Waals surface area contributed by atoms with Crippen molar-refractivity contribution in [3.05, 3.63) is 59.4 Å². The van der Waals surface area contributed by atoms with Gasteiger partial charge >= 0.3 is 0 Å². The van der Waals surface area contributed by atoms with Gasteiger partial charge in [-0.15, -0.1) is 0 Å². The van der Waals surface area contributed by atoms with Crippen molar-refractivity contribution < 1.29 is 13.2 Å². The van der Waals surface area contributed by atoms with Crippen LogP contribution in [0.4, 0.5) is 0 Å². The van der Waals surface area contributed by atoms with E-state index in [1.807, 2.05) is 18.2 Å². The average Bonchev–Trinajstić information content (AvgIpc) is 2.97. The number of aromatic nitrogens is 2. The maximum atomic E-state index is 12.6. The van der Waals surface area contributed by atoms with E-state index in [-0.39, 0.29) is 21.5 Å². The summed E-state index contributed by atoms with van der Waals surface area (Å²) in [6, 6.07) is 11.0. The predicted octanol–water partition coefficient (Wildman–Crippen LogP) is 2.76. The number of amides is 1. The first kappa shape index (κ1) is 18.4. The Hall–Kier alpha value is -2.42. The number of halogens is 1. The second-order valence-electron chi connectivity index (χ2n) is 5.96. The van der Waals surface area contributed by atoms with Gasteiger partial charge in [-0.25, -0.2) is 22.8 Å². The number of carbonyl (C=O) groups is 1. The molecule has 1 amide bonds. The monoisotopic (exact) mass is 392 g/mol. The zero-order valence-corrected chi connectivity index (χ0v) is 15.7. The van der Waals surface area contributed by atoms with Crippen LogP contribution in [0.1, 0.15) is 24.2 Å². The van der Waals surface area contributed by atoms with E-state index in [1.54, 1.807) is 19.9 Å². The minimum absolute atomic E-state index is 0.0313. The first-order chi connectivity index (χ1) is 12.3. The summed E-state index contributed by atoms with van der Waals surface area (Å²) in [4.78, 5) is 16.8. The van der Waals surface area contributed by atoms with Crippen molar-refractivity contribution in [2.75, 3.05) is 5.43 Å². The summed E-state index contributed by atoms with van der Waals surface area (Å²) < 4.78 is 28.6. The van der Waals surface area contributed by atoms with E-state index in [9.17, 15) is 13.2 Å². The number of imidazole rings is 1. The number of benzene rings is 2. The van der Waals surface area contributed by atoms with Gasteiger partial charge in [-0.3, -0.25) is 10.2 Å². The van der Waals surface area contributed by atoms with E-state index in [0.717, 1.165) is 5.52 Å². The van der Waals surface area contributed by atoms with Crippen LogP contribution in [0, 0.1) is 0 Å². The Balaban J connectivity index is 1.93. The van der Waals surface area contributed by atoms with Gasteiger partial charge in [0.25, 0.3) is 5.91 Å². The van der Waals surface area contributed by atoms with Gasteiger partial charge in [0, 0.05) is 6.04 Å². The Morgan fingerprint density at radius 2 is 1.92 bits per heavy atom. The minimum Gasteiger partial charge on any atom is -0.267 e. The van der Waals surface area contributed by atoms with Gasteiger partial charge in [0.1, 0.15) is 6.33 Å². The number of nitrogens with zero attached hydrogens (tertiary/aromatic N) is 2. The fourth-order valence-electron chi connectivity index (χ4n) is 2.44. The molecule has 0 saturated carbocycles. The topological polar surface area (TPSA) is 93.1 Å². The van der Waals surface area contributed by atoms with Crippen molar-refractivity contribution in [3.63, 3.8) is 0 Å². The molecule has 0 aliphatic rings. The van der Waals surface area contributed by atoms with Gasteiger partial charge in [-0.05, 0) is 44.2 Å². The highest BCUT2D eigenvalue weighted by atomic mass is 35.5. The normalized spacial score (nSPS) is 11.8. The fraction of sp³-hybridized carbons (Fsp3) is 0.176. The smallest absolute Gasteiger partial charge is 0.267 e. The molecule has 1 heterocycles. The second-order valence-corrected chi connectivity index (χ2v) is 8.08. The maximum Gasteiger partial charge on any atom is 0.271 e. The van der Waals surface area contributed by atoms with Crippen molar-refractivity contribution in [3.8, 4) is 0 Å². The molecule has 0 unspecified atom stereocenters. The number of carbonyl (C=O) groups excluding carboxylic acids is 1. The van der Waals surface area contributed by atoms with Crippen LogP contribution in [0.5, 0.6) is 0 Å². The van der Waals surface area contributed by atoms with Crippen LogP contribution in [0.25, 0.3) is 11.0 Å². The molecule has 0 atom stereocenters. The van der Waals surface area contributed by atoms with Crippen molar-refractivity contribution in [1.29, 1.82) is 0 Å². The van der Waals surface area contributed by atoms with E-state index < -0.39 is 15.9 Å². The molecule has 26 heavy (non-hydrogen) atoms. The largest absolute Gasteiger partial charge is 0.271 e. The molecule has 9 heteroatoms. The number of para-hydroxylation sites is 2. The van der Waals surface area contributed by atoms with Crippen molar-refractivity contribution in [2.24, 2.45) is 0 Å². The summed E-state index contributed by atoms with van der Waals surface area (Å²) in [6.07, 6.45) is 1.47.